The van der Waals surface area contributed by atoms with Gasteiger partial charge in [0.1, 0.15) is 18.5 Å². The number of nitrogens with one attached hydrogen (secondary N) is 1. The van der Waals surface area contributed by atoms with E-state index >= 15 is 0 Å². The Morgan fingerprint density at radius 2 is 1.74 bits per heavy atom. The van der Waals surface area contributed by atoms with E-state index in [0.717, 1.165) is 0 Å². The fraction of sp³-hybridized carbons (Fsp3) is 0.188. The van der Waals surface area contributed by atoms with Gasteiger partial charge in [0.25, 0.3) is 5.91 Å². The van der Waals surface area contributed by atoms with Crippen LogP contribution in [0.5, 0.6) is 5.75 Å². The molecule has 0 aliphatic carbocycles. The number of halogens is 3. The van der Waals surface area contributed by atoms with E-state index in [1.54, 1.807) is 30.3 Å². The summed E-state index contributed by atoms with van der Waals surface area (Å²) in [5.41, 5.74) is 0.812. The number of fused-ring (bicyclic) bond motifs is 1. The third-order valence-corrected chi connectivity index (χ3v) is 3.60. The third-order valence-electron chi connectivity index (χ3n) is 3.60. The van der Waals surface area contributed by atoms with Gasteiger partial charge >= 0.3 is 6.18 Å². The van der Waals surface area contributed by atoms with Crippen LogP contribution in [0.3, 0.4) is 0 Å². The molecule has 0 fully saturated rings. The fourth-order valence-corrected chi connectivity index (χ4v) is 2.61. The number of rotatable bonds is 2. The van der Waals surface area contributed by atoms with Crippen molar-refractivity contribution in [3.05, 3.63) is 59.7 Å². The molecule has 1 aliphatic rings. The molecule has 0 spiro atoms. The largest absolute Gasteiger partial charge is 0.508 e. The smallest absolute Gasteiger partial charge is 0.406 e. The number of phenols is 1. The first-order valence-electron chi connectivity index (χ1n) is 6.88. The molecule has 23 heavy (non-hydrogen) atoms. The number of phenolic OH excluding ortho intramolecular Hbond substituents is 1. The minimum Gasteiger partial charge on any atom is -0.508 e. The quantitative estimate of drug-likeness (QED) is 0.889. The number of carbonyl (C=O) groups excluding carboxylic acids is 1. The van der Waals surface area contributed by atoms with E-state index in [0.29, 0.717) is 10.6 Å². The van der Waals surface area contributed by atoms with Crippen LogP contribution in [0.25, 0.3) is 0 Å². The average molecular weight is 322 g/mol. The molecule has 0 radical (unpaired) electrons. The first-order chi connectivity index (χ1) is 10.9. The molecular formula is C16H13F3N2O2. The Labute approximate surface area is 130 Å². The number of hydrogen-bond donors (Lipinski definition) is 2. The van der Waals surface area contributed by atoms with Crippen molar-refractivity contribution in [1.82, 2.24) is 4.90 Å². The Kier molecular flexibility index (Phi) is 3.63. The van der Waals surface area contributed by atoms with Gasteiger partial charge in [0, 0.05) is 11.3 Å². The fourth-order valence-electron chi connectivity index (χ4n) is 2.61. The maximum atomic E-state index is 12.9. The Hall–Kier alpha value is -2.70. The molecule has 3 rings (SSSR count). The maximum Gasteiger partial charge on any atom is 0.406 e. The van der Waals surface area contributed by atoms with Gasteiger partial charge in [-0.2, -0.15) is 13.2 Å². The monoisotopic (exact) mass is 322 g/mol. The van der Waals surface area contributed by atoms with Crippen molar-refractivity contribution >= 4 is 11.6 Å². The van der Waals surface area contributed by atoms with Crippen molar-refractivity contribution in [1.29, 1.82) is 0 Å². The zero-order chi connectivity index (χ0) is 16.6. The Bertz CT molecular complexity index is 746. The second kappa shape index (κ2) is 5.49. The molecule has 120 valence electrons. The Morgan fingerprint density at radius 1 is 1.09 bits per heavy atom. The number of anilines is 1. The zero-order valence-electron chi connectivity index (χ0n) is 11.8. The molecular weight excluding hydrogens is 309 g/mol. The molecule has 2 aromatic rings. The number of nitrogens with zero attached hydrogens (tertiary/aromatic N) is 1. The van der Waals surface area contributed by atoms with Gasteiger partial charge in [0.05, 0.1) is 5.56 Å². The third kappa shape index (κ3) is 2.94. The number of para-hydroxylation sites is 2. The highest BCUT2D eigenvalue weighted by Gasteiger charge is 2.41. The average Bonchev–Trinajstić information content (AvgIpc) is 2.50. The molecule has 0 saturated heterocycles. The van der Waals surface area contributed by atoms with Crippen LogP contribution in [0.1, 0.15) is 22.1 Å². The van der Waals surface area contributed by atoms with Crippen LogP contribution in [0.15, 0.2) is 48.5 Å². The maximum absolute atomic E-state index is 12.9. The highest BCUT2D eigenvalue weighted by Crippen LogP contribution is 2.37. The molecule has 1 heterocycles. The molecule has 7 heteroatoms. The van der Waals surface area contributed by atoms with Crippen molar-refractivity contribution in [2.45, 2.75) is 12.3 Å². The molecule has 2 N–H and O–H groups in total. The summed E-state index contributed by atoms with van der Waals surface area (Å²) in [5.74, 6) is -0.908. The van der Waals surface area contributed by atoms with Gasteiger partial charge in [-0.1, -0.05) is 30.3 Å². The standard InChI is InChI=1S/C16H13F3N2O2/c17-16(18,19)9-21-14(11-6-2-4-8-13(11)22)20-12-7-3-1-5-10(12)15(21)23/h1-8,14,20,22H,9H2. The lowest BCUT2D eigenvalue weighted by Crippen LogP contribution is -2.47. The molecule has 0 aromatic heterocycles. The molecule has 4 nitrogen and oxygen atoms in total. The molecule has 1 unspecified atom stereocenters. The van der Waals surface area contributed by atoms with Gasteiger partial charge in [-0.3, -0.25) is 4.79 Å². The van der Waals surface area contributed by atoms with Crippen molar-refractivity contribution in [2.75, 3.05) is 11.9 Å². The predicted octanol–water partition coefficient (Wildman–Crippen LogP) is 3.52. The van der Waals surface area contributed by atoms with Crippen LogP contribution < -0.4 is 5.32 Å². The molecule has 2 aromatic carbocycles. The van der Waals surface area contributed by atoms with Crippen LogP contribution >= 0.6 is 0 Å². The van der Waals surface area contributed by atoms with Crippen molar-refractivity contribution in [2.24, 2.45) is 0 Å². The van der Waals surface area contributed by atoms with E-state index < -0.39 is 24.8 Å². The number of hydrogen-bond acceptors (Lipinski definition) is 3. The van der Waals surface area contributed by atoms with E-state index in [9.17, 15) is 23.1 Å². The number of amides is 1. The molecule has 1 atom stereocenters. The lowest BCUT2D eigenvalue weighted by Gasteiger charge is -2.38. The van der Waals surface area contributed by atoms with Gasteiger partial charge in [-0.25, -0.2) is 0 Å². The van der Waals surface area contributed by atoms with Gasteiger partial charge in [-0.05, 0) is 18.2 Å². The van der Waals surface area contributed by atoms with Gasteiger partial charge in [-0.15, -0.1) is 0 Å². The first kappa shape index (κ1) is 15.2. The normalized spacial score (nSPS) is 17.6. The summed E-state index contributed by atoms with van der Waals surface area (Å²) < 4.78 is 38.7. The number of alkyl halides is 3. The van der Waals surface area contributed by atoms with E-state index in [-0.39, 0.29) is 16.9 Å². The molecule has 0 bridgehead atoms. The van der Waals surface area contributed by atoms with Gasteiger partial charge < -0.3 is 15.3 Å². The lowest BCUT2D eigenvalue weighted by atomic mass is 10.0. The summed E-state index contributed by atoms with van der Waals surface area (Å²) in [4.78, 5) is 13.2. The lowest BCUT2D eigenvalue weighted by molar-refractivity contribution is -0.144. The van der Waals surface area contributed by atoms with Crippen molar-refractivity contribution in [3.63, 3.8) is 0 Å². The minimum atomic E-state index is -4.55. The van der Waals surface area contributed by atoms with Gasteiger partial charge in [0.2, 0.25) is 0 Å². The van der Waals surface area contributed by atoms with Crippen LogP contribution in [0.4, 0.5) is 18.9 Å². The molecule has 0 saturated carbocycles. The zero-order valence-corrected chi connectivity index (χ0v) is 11.8. The highest BCUT2D eigenvalue weighted by molar-refractivity contribution is 6.01. The van der Waals surface area contributed by atoms with Crippen LogP contribution in [-0.2, 0) is 0 Å². The number of benzene rings is 2. The van der Waals surface area contributed by atoms with Crippen LogP contribution in [0, 0.1) is 0 Å². The second-order valence-electron chi connectivity index (χ2n) is 5.20. The van der Waals surface area contributed by atoms with E-state index in [4.69, 9.17) is 0 Å². The summed E-state index contributed by atoms with van der Waals surface area (Å²) in [5, 5.41) is 12.9. The minimum absolute atomic E-state index is 0.170. The summed E-state index contributed by atoms with van der Waals surface area (Å²) in [6.45, 7) is -1.41. The number of aromatic hydroxyl groups is 1. The van der Waals surface area contributed by atoms with E-state index in [1.165, 1.54) is 18.2 Å². The van der Waals surface area contributed by atoms with E-state index in [1.807, 2.05) is 0 Å². The van der Waals surface area contributed by atoms with Crippen LogP contribution in [-0.4, -0.2) is 28.6 Å². The summed E-state index contributed by atoms with van der Waals surface area (Å²) in [6.07, 6.45) is -5.65. The second-order valence-corrected chi connectivity index (χ2v) is 5.20. The van der Waals surface area contributed by atoms with Crippen LogP contribution in [0.2, 0.25) is 0 Å². The molecule has 1 aliphatic heterocycles. The topological polar surface area (TPSA) is 52.6 Å². The van der Waals surface area contributed by atoms with E-state index in [2.05, 4.69) is 5.32 Å². The molecule has 1 amide bonds. The number of carbonyl (C=O) groups is 1. The Balaban J connectivity index is 2.08. The first-order valence-corrected chi connectivity index (χ1v) is 6.88. The summed E-state index contributed by atoms with van der Waals surface area (Å²) in [6, 6.07) is 12.4. The highest BCUT2D eigenvalue weighted by atomic mass is 19.4. The van der Waals surface area contributed by atoms with Crippen molar-refractivity contribution in [3.8, 4) is 5.75 Å². The van der Waals surface area contributed by atoms with Gasteiger partial charge in [0.15, 0.2) is 0 Å². The summed E-state index contributed by atoms with van der Waals surface area (Å²) >= 11 is 0. The Morgan fingerprint density at radius 3 is 2.43 bits per heavy atom. The summed E-state index contributed by atoms with van der Waals surface area (Å²) in [7, 11) is 0. The SMILES string of the molecule is O=C1c2ccccc2NC(c2ccccc2O)N1CC(F)(F)F. The van der Waals surface area contributed by atoms with Crippen molar-refractivity contribution < 1.29 is 23.1 Å². The predicted molar refractivity (Wildman–Crippen MR) is 78.0 cm³/mol.